The molecule has 0 aliphatic heterocycles. The SMILES string of the molecule is O=C(/C=C/c1ccc(O)cc1)NCCc1ccc(O)cc1.O=C(O)CCCCCCC/C=C\CCCCCCCCO. The lowest BCUT2D eigenvalue weighted by atomic mass is 10.1. The van der Waals surface area contributed by atoms with Gasteiger partial charge in [0.05, 0.1) is 0 Å². The Labute approximate surface area is 252 Å². The van der Waals surface area contributed by atoms with Gasteiger partial charge in [-0.15, -0.1) is 0 Å². The number of benzene rings is 2. The Morgan fingerprint density at radius 1 is 0.667 bits per heavy atom. The van der Waals surface area contributed by atoms with Crippen LogP contribution >= 0.6 is 0 Å². The molecule has 1 amide bonds. The zero-order valence-electron chi connectivity index (χ0n) is 25.1. The fourth-order valence-corrected chi connectivity index (χ4v) is 4.19. The molecular weight excluding hydrogens is 530 g/mol. The van der Waals surface area contributed by atoms with Gasteiger partial charge in [0, 0.05) is 25.6 Å². The third kappa shape index (κ3) is 22.1. The molecule has 2 rings (SSSR count). The molecule has 0 radical (unpaired) electrons. The number of allylic oxidation sites excluding steroid dienone is 2. The first-order valence-corrected chi connectivity index (χ1v) is 15.4. The number of phenols is 2. The molecule has 0 saturated heterocycles. The van der Waals surface area contributed by atoms with Gasteiger partial charge >= 0.3 is 5.97 Å². The summed E-state index contributed by atoms with van der Waals surface area (Å²) in [6.45, 7) is 0.867. The van der Waals surface area contributed by atoms with Gasteiger partial charge in [-0.25, -0.2) is 0 Å². The Morgan fingerprint density at radius 3 is 1.71 bits per heavy atom. The lowest BCUT2D eigenvalue weighted by molar-refractivity contribution is -0.137. The molecule has 7 heteroatoms. The number of rotatable bonds is 21. The summed E-state index contributed by atoms with van der Waals surface area (Å²) in [6, 6.07) is 13.5. The summed E-state index contributed by atoms with van der Waals surface area (Å²) in [7, 11) is 0. The average molecular weight is 582 g/mol. The van der Waals surface area contributed by atoms with Crippen molar-refractivity contribution in [3.8, 4) is 11.5 Å². The normalized spacial score (nSPS) is 11.0. The number of amides is 1. The molecule has 2 aromatic carbocycles. The van der Waals surface area contributed by atoms with Gasteiger partial charge < -0.3 is 25.7 Å². The van der Waals surface area contributed by atoms with Crippen LogP contribution in [-0.2, 0) is 16.0 Å². The molecule has 0 heterocycles. The quantitative estimate of drug-likeness (QED) is 0.0588. The molecule has 2 aromatic rings. The zero-order valence-corrected chi connectivity index (χ0v) is 25.1. The lowest BCUT2D eigenvalue weighted by Gasteiger charge is -2.03. The first-order chi connectivity index (χ1) is 20.4. The first kappa shape index (κ1) is 36.4. The average Bonchev–Trinajstić information content (AvgIpc) is 2.98. The molecule has 0 aliphatic carbocycles. The zero-order chi connectivity index (χ0) is 30.7. The van der Waals surface area contributed by atoms with E-state index in [9.17, 15) is 14.7 Å². The number of phenolic OH excluding ortho intramolecular Hbond substituents is 2. The maximum atomic E-state index is 11.6. The highest BCUT2D eigenvalue weighted by molar-refractivity contribution is 5.91. The van der Waals surface area contributed by atoms with Gasteiger partial charge in [-0.1, -0.05) is 81.4 Å². The van der Waals surface area contributed by atoms with E-state index >= 15 is 0 Å². The van der Waals surface area contributed by atoms with E-state index < -0.39 is 5.97 Å². The van der Waals surface area contributed by atoms with E-state index in [1.54, 1.807) is 42.5 Å². The lowest BCUT2D eigenvalue weighted by Crippen LogP contribution is -2.23. The number of unbranched alkanes of at least 4 members (excludes halogenated alkanes) is 11. The maximum absolute atomic E-state index is 11.6. The third-order valence-electron chi connectivity index (χ3n) is 6.68. The van der Waals surface area contributed by atoms with Crippen molar-refractivity contribution in [3.05, 3.63) is 77.9 Å². The number of hydrogen-bond donors (Lipinski definition) is 5. The summed E-state index contributed by atoms with van der Waals surface area (Å²) in [5.41, 5.74) is 1.90. The van der Waals surface area contributed by atoms with Gasteiger partial charge in [0.25, 0.3) is 0 Å². The number of carbonyl (C=O) groups is 2. The summed E-state index contributed by atoms with van der Waals surface area (Å²) >= 11 is 0. The molecule has 0 saturated carbocycles. The van der Waals surface area contributed by atoms with Crippen molar-refractivity contribution in [2.45, 2.75) is 96.3 Å². The van der Waals surface area contributed by atoms with Crippen LogP contribution in [0.25, 0.3) is 6.08 Å². The van der Waals surface area contributed by atoms with Crippen LogP contribution in [0.5, 0.6) is 11.5 Å². The number of hydrogen-bond acceptors (Lipinski definition) is 5. The number of nitrogens with one attached hydrogen (secondary N) is 1. The van der Waals surface area contributed by atoms with E-state index in [1.807, 2.05) is 12.1 Å². The van der Waals surface area contributed by atoms with Gasteiger partial charge in [-0.2, -0.15) is 0 Å². The second-order valence-electron chi connectivity index (χ2n) is 10.4. The monoisotopic (exact) mass is 581 g/mol. The Hall–Kier alpha value is -3.58. The molecule has 42 heavy (non-hydrogen) atoms. The van der Waals surface area contributed by atoms with Gasteiger partial charge in [0.2, 0.25) is 5.91 Å². The minimum absolute atomic E-state index is 0.165. The molecule has 0 atom stereocenters. The number of aliphatic hydroxyl groups excluding tert-OH is 1. The molecular formula is C35H51NO6. The van der Waals surface area contributed by atoms with Crippen molar-refractivity contribution in [3.63, 3.8) is 0 Å². The van der Waals surface area contributed by atoms with Crippen LogP contribution in [0, 0.1) is 0 Å². The summed E-state index contributed by atoms with van der Waals surface area (Å²) in [4.78, 5) is 22.0. The van der Waals surface area contributed by atoms with Crippen LogP contribution in [0.4, 0.5) is 0 Å². The number of aromatic hydroxyl groups is 2. The number of aliphatic carboxylic acids is 1. The van der Waals surface area contributed by atoms with E-state index in [4.69, 9.17) is 15.3 Å². The molecule has 0 aromatic heterocycles. The number of aliphatic hydroxyl groups is 1. The first-order valence-electron chi connectivity index (χ1n) is 15.4. The predicted octanol–water partition coefficient (Wildman–Crippen LogP) is 7.55. The highest BCUT2D eigenvalue weighted by Gasteiger charge is 1.98. The van der Waals surface area contributed by atoms with Gasteiger partial charge in [0.1, 0.15) is 11.5 Å². The molecule has 0 bridgehead atoms. The molecule has 0 aliphatic rings. The van der Waals surface area contributed by atoms with Crippen LogP contribution < -0.4 is 5.32 Å². The maximum Gasteiger partial charge on any atom is 0.303 e. The van der Waals surface area contributed by atoms with Crippen LogP contribution in [0.3, 0.4) is 0 Å². The summed E-state index contributed by atoms with van der Waals surface area (Å²) in [5.74, 6) is -0.404. The Balaban J connectivity index is 0.000000420. The summed E-state index contributed by atoms with van der Waals surface area (Å²) < 4.78 is 0. The highest BCUT2D eigenvalue weighted by Crippen LogP contribution is 2.12. The topological polar surface area (TPSA) is 127 Å². The van der Waals surface area contributed by atoms with Crippen molar-refractivity contribution in [2.24, 2.45) is 0 Å². The minimum atomic E-state index is -0.675. The highest BCUT2D eigenvalue weighted by atomic mass is 16.4. The number of carboxylic acid groups (broad SMARTS) is 1. The van der Waals surface area contributed by atoms with Crippen molar-refractivity contribution >= 4 is 18.0 Å². The van der Waals surface area contributed by atoms with Gasteiger partial charge in [0.15, 0.2) is 0 Å². The van der Waals surface area contributed by atoms with Gasteiger partial charge in [-0.3, -0.25) is 9.59 Å². The van der Waals surface area contributed by atoms with E-state index in [0.29, 0.717) is 26.0 Å². The number of carbonyl (C=O) groups excluding carboxylic acids is 1. The third-order valence-corrected chi connectivity index (χ3v) is 6.68. The Kier molecular flexibility index (Phi) is 21.8. The molecule has 0 spiro atoms. The number of carboxylic acids is 1. The fraction of sp³-hybridized carbons (Fsp3) is 0.486. The summed E-state index contributed by atoms with van der Waals surface area (Å²) in [5, 5.41) is 38.3. The van der Waals surface area contributed by atoms with Crippen LogP contribution in [0.1, 0.15) is 101 Å². The predicted molar refractivity (Wildman–Crippen MR) is 170 cm³/mol. The smallest absolute Gasteiger partial charge is 0.303 e. The van der Waals surface area contributed by atoms with Crippen LogP contribution in [0.15, 0.2) is 66.8 Å². The second-order valence-corrected chi connectivity index (χ2v) is 10.4. The van der Waals surface area contributed by atoms with E-state index in [0.717, 1.165) is 43.2 Å². The molecule has 232 valence electrons. The van der Waals surface area contributed by atoms with Crippen molar-refractivity contribution in [1.82, 2.24) is 5.32 Å². The van der Waals surface area contributed by atoms with Crippen molar-refractivity contribution < 1.29 is 30.0 Å². The van der Waals surface area contributed by atoms with Crippen molar-refractivity contribution in [1.29, 1.82) is 0 Å². The molecule has 0 fully saturated rings. The van der Waals surface area contributed by atoms with E-state index in [2.05, 4.69) is 17.5 Å². The van der Waals surface area contributed by atoms with Crippen LogP contribution in [-0.4, -0.2) is 45.5 Å². The van der Waals surface area contributed by atoms with E-state index in [-0.39, 0.29) is 17.4 Å². The fourth-order valence-electron chi connectivity index (χ4n) is 4.19. The Bertz CT molecular complexity index is 1010. The molecule has 0 unspecified atom stereocenters. The van der Waals surface area contributed by atoms with Crippen molar-refractivity contribution in [2.75, 3.05) is 13.2 Å². The molecule has 5 N–H and O–H groups in total. The minimum Gasteiger partial charge on any atom is -0.508 e. The second kappa shape index (κ2) is 25.2. The Morgan fingerprint density at radius 2 is 1.17 bits per heavy atom. The van der Waals surface area contributed by atoms with E-state index in [1.165, 1.54) is 57.4 Å². The van der Waals surface area contributed by atoms with Crippen LogP contribution in [0.2, 0.25) is 0 Å². The van der Waals surface area contributed by atoms with Gasteiger partial charge in [-0.05, 0) is 86.4 Å². The summed E-state index contributed by atoms with van der Waals surface area (Å²) in [6.07, 6.45) is 23.9. The standard InChI is InChI=1S/C18H34O3.C17H17NO3/c19-17-15-13-11-9-7-5-3-1-2-4-6-8-10-12-14-16-18(20)21;19-15-6-1-13(2-7-15)5-10-17(21)18-12-11-14-3-8-16(20)9-4-14/h1-2,19H,3-17H2,(H,20,21);1-10,19-20H,11-12H2,(H,18,21)/b2-1-;10-5+. The molecule has 7 nitrogen and oxygen atoms in total. The largest absolute Gasteiger partial charge is 0.508 e.